The number of imide groups is 1. The summed E-state index contributed by atoms with van der Waals surface area (Å²) in [5.74, 6) is 7.55. The van der Waals surface area contributed by atoms with E-state index in [0.717, 1.165) is 132 Å². The van der Waals surface area contributed by atoms with E-state index in [4.69, 9.17) is 9.47 Å². The van der Waals surface area contributed by atoms with E-state index in [1.54, 1.807) is 21.6 Å². The highest BCUT2D eigenvalue weighted by molar-refractivity contribution is 8.76. The van der Waals surface area contributed by atoms with Crippen LogP contribution in [0, 0.1) is 99.6 Å². The number of aliphatic hydroxyl groups is 3. The lowest BCUT2D eigenvalue weighted by Gasteiger charge is -2.57. The molecule has 0 aromatic heterocycles. The normalized spacial score (nSPS) is 41.0. The lowest BCUT2D eigenvalue weighted by molar-refractivity contribution is -0.138. The van der Waals surface area contributed by atoms with Crippen LogP contribution in [0.5, 0.6) is 0 Å². The maximum atomic E-state index is 15.7. The van der Waals surface area contributed by atoms with Crippen molar-refractivity contribution >= 4 is 51.6 Å². The van der Waals surface area contributed by atoms with Crippen LogP contribution in [0.15, 0.2) is 81.7 Å². The SMILES string of the molecule is CCC1(C=C2OC(=O)C3=C2CCC2C4CCC5(C6=CCC(C7CCC8CC(CO)CC(CO)C#CCC7C8)C(NC7CCC8CCCC(C=O)C8C7O)SSCNC7=CC(=CCN7)C(CN7C(=O)C=CC7=O)C4=C5C(=O)O6)C32)CCCC1. The minimum Gasteiger partial charge on any atom is -0.427 e. The molecule has 9 bridgehead atoms. The fourth-order valence-electron chi connectivity index (χ4n) is 19.2. The number of hydrogen-bond acceptors (Lipinski definition) is 15. The molecule has 440 valence electrons. The van der Waals surface area contributed by atoms with Crippen molar-refractivity contribution < 1.29 is 48.8 Å². The van der Waals surface area contributed by atoms with E-state index in [-0.39, 0.29) is 108 Å². The van der Waals surface area contributed by atoms with Crippen molar-refractivity contribution in [1.82, 2.24) is 20.9 Å². The van der Waals surface area contributed by atoms with Gasteiger partial charge in [0.1, 0.15) is 17.8 Å². The van der Waals surface area contributed by atoms with E-state index >= 15 is 9.59 Å². The standard InChI is InChI=1S/C66H84N4O10S2/c1-2-65(23-3-4-24-65)31-51-48-15-14-46-45-21-25-66(59(46)58(48)63(77)79-51)52-18-16-47(44-13-11-37-27-39(34-72)28-38(33-71)7-5-9-41(44)29-37)62(69-50-17-12-40-8-6-10-43(35-73)56(40)61(50)76)82-81-36-68-53-30-42(22-26-67-53)49(57(45)60(66)64(78)80-52)32-70-54(74)19-20-55(70)75/h18-20,22,30-31,35,37-41,43-47,49-50,56,59,61-62,67-69,71-72,76H,2-4,6,8-17,21,23-29,32-34,36H2,1H3. The number of rotatable bonds is 10. The first-order valence-corrected chi connectivity index (χ1v) is 34.0. The maximum Gasteiger partial charge on any atom is 0.340 e. The number of aliphatic hydroxyl groups excluding tert-OH is 3. The summed E-state index contributed by atoms with van der Waals surface area (Å²) in [5.41, 5.74) is 3.01. The molecule has 0 aromatic rings. The van der Waals surface area contributed by atoms with E-state index in [9.17, 15) is 29.7 Å². The van der Waals surface area contributed by atoms with Crippen LogP contribution >= 0.6 is 21.6 Å². The van der Waals surface area contributed by atoms with Gasteiger partial charge in [-0.2, -0.15) is 0 Å². The van der Waals surface area contributed by atoms with Gasteiger partial charge < -0.3 is 40.2 Å². The molecule has 16 heteroatoms. The fourth-order valence-corrected chi connectivity index (χ4v) is 21.8. The van der Waals surface area contributed by atoms with E-state index in [1.807, 2.05) is 0 Å². The summed E-state index contributed by atoms with van der Waals surface area (Å²) >= 11 is 0. The summed E-state index contributed by atoms with van der Waals surface area (Å²) in [5, 5.41) is 44.8. The van der Waals surface area contributed by atoms with Crippen LogP contribution in [-0.2, 0) is 33.4 Å². The summed E-state index contributed by atoms with van der Waals surface area (Å²) in [7, 11) is 3.49. The molecular weight excluding hydrogens is 1070 g/mol. The summed E-state index contributed by atoms with van der Waals surface area (Å²) in [6.07, 6.45) is 30.1. The predicted octanol–water partition coefficient (Wildman–Crippen LogP) is 8.84. The van der Waals surface area contributed by atoms with Crippen molar-refractivity contribution in [3.63, 3.8) is 0 Å². The molecular formula is C66H84N4O10S2. The average molecular weight is 1160 g/mol. The van der Waals surface area contributed by atoms with Crippen LogP contribution in [0.2, 0.25) is 0 Å². The van der Waals surface area contributed by atoms with Gasteiger partial charge in [-0.25, -0.2) is 9.59 Å². The number of cyclic esters (lactones) is 1. The van der Waals surface area contributed by atoms with Gasteiger partial charge in [0.15, 0.2) is 0 Å². The lowest BCUT2D eigenvalue weighted by Crippen LogP contribution is -2.56. The Hall–Kier alpha value is -4.37. The molecule has 6 N–H and O–H groups in total. The Bertz CT molecular complexity index is 2870. The van der Waals surface area contributed by atoms with Crippen molar-refractivity contribution in [2.75, 3.05) is 32.2 Å². The fraction of sp³-hybridized carbons (Fsp3) is 0.682. The highest BCUT2D eigenvalue weighted by Crippen LogP contribution is 2.72. The number of carbonyl (C=O) groups excluding carboxylic acids is 5. The molecule has 9 aliphatic carbocycles. The smallest absolute Gasteiger partial charge is 0.340 e. The molecule has 5 saturated carbocycles. The van der Waals surface area contributed by atoms with Crippen molar-refractivity contribution in [3.05, 3.63) is 81.7 Å². The summed E-state index contributed by atoms with van der Waals surface area (Å²) in [6, 6.07) is -0.255. The molecule has 0 radical (unpaired) electrons. The van der Waals surface area contributed by atoms with Crippen molar-refractivity contribution in [2.24, 2.45) is 87.8 Å². The number of hydrogen-bond donors (Lipinski definition) is 6. The first-order chi connectivity index (χ1) is 39.9. The average Bonchev–Trinajstić information content (AvgIpc) is 1.73. The first-order valence-electron chi connectivity index (χ1n) is 31.6. The third-order valence-corrected chi connectivity index (χ3v) is 25.5. The molecule has 5 heterocycles. The predicted molar refractivity (Wildman–Crippen MR) is 313 cm³/mol. The number of amides is 2. The van der Waals surface area contributed by atoms with Crippen LogP contribution in [0.4, 0.5) is 0 Å². The van der Waals surface area contributed by atoms with Crippen molar-refractivity contribution in [1.29, 1.82) is 0 Å². The Labute approximate surface area is 491 Å². The monoisotopic (exact) mass is 1160 g/mol. The third kappa shape index (κ3) is 10.1. The second-order valence-corrected chi connectivity index (χ2v) is 29.4. The van der Waals surface area contributed by atoms with Gasteiger partial charge in [-0.15, -0.1) is 5.92 Å². The maximum absolute atomic E-state index is 15.7. The van der Waals surface area contributed by atoms with Gasteiger partial charge in [0.2, 0.25) is 0 Å². The molecule has 14 rings (SSSR count). The number of carbonyl (C=O) groups is 5. The number of nitrogens with one attached hydrogen (secondary N) is 3. The van der Waals surface area contributed by atoms with Crippen molar-refractivity contribution in [3.8, 4) is 11.8 Å². The van der Waals surface area contributed by atoms with Gasteiger partial charge in [0.05, 0.1) is 40.8 Å². The van der Waals surface area contributed by atoms with E-state index in [1.165, 1.54) is 17.1 Å². The Morgan fingerprint density at radius 3 is 2.50 bits per heavy atom. The molecule has 5 aliphatic heterocycles. The van der Waals surface area contributed by atoms with E-state index in [0.29, 0.717) is 79.0 Å². The highest BCUT2D eigenvalue weighted by atomic mass is 33.1. The summed E-state index contributed by atoms with van der Waals surface area (Å²) < 4.78 is 13.5. The van der Waals surface area contributed by atoms with Gasteiger partial charge in [-0.1, -0.05) is 72.6 Å². The Morgan fingerprint density at radius 1 is 0.866 bits per heavy atom. The van der Waals surface area contributed by atoms with Gasteiger partial charge >= 0.3 is 11.9 Å². The minimum atomic E-state index is -1.03. The van der Waals surface area contributed by atoms with Crippen LogP contribution in [-0.4, -0.2) is 100.0 Å². The molecule has 17 unspecified atom stereocenters. The van der Waals surface area contributed by atoms with Gasteiger partial charge in [0, 0.05) is 79.1 Å². The summed E-state index contributed by atoms with van der Waals surface area (Å²) in [4.78, 5) is 72.0. The number of dihydropyridines is 1. The lowest BCUT2D eigenvalue weighted by atomic mass is 9.43. The second kappa shape index (κ2) is 23.5. The third-order valence-electron chi connectivity index (χ3n) is 23.1. The van der Waals surface area contributed by atoms with Crippen LogP contribution in [0.3, 0.4) is 0 Å². The molecule has 0 aromatic carbocycles. The topological polar surface area (TPSA) is 204 Å². The number of allylic oxidation sites excluding steroid dienone is 5. The molecule has 17 atom stereocenters. The molecule has 2 amide bonds. The van der Waals surface area contributed by atoms with Gasteiger partial charge in [-0.05, 0) is 184 Å². The Balaban J connectivity index is 0.974. The molecule has 6 fully saturated rings. The Morgan fingerprint density at radius 2 is 1.71 bits per heavy atom. The number of ether oxygens (including phenoxy) is 2. The molecule has 14 nitrogen and oxygen atoms in total. The first kappa shape index (κ1) is 56.7. The minimum absolute atomic E-state index is 0.0358. The zero-order chi connectivity index (χ0) is 56.4. The van der Waals surface area contributed by atoms with Gasteiger partial charge in [0.25, 0.3) is 11.8 Å². The van der Waals surface area contributed by atoms with Gasteiger partial charge in [-0.3, -0.25) is 19.8 Å². The summed E-state index contributed by atoms with van der Waals surface area (Å²) in [6.45, 7) is 2.80. The molecule has 82 heavy (non-hydrogen) atoms. The molecule has 14 aliphatic rings. The number of fused-ring (bicyclic) bond motifs is 5. The zero-order valence-electron chi connectivity index (χ0n) is 47.6. The number of esters is 2. The quantitative estimate of drug-likeness (QED) is 0.0398. The Kier molecular flexibility index (Phi) is 16.2. The second-order valence-electron chi connectivity index (χ2n) is 26.9. The highest BCUT2D eigenvalue weighted by Gasteiger charge is 2.69. The zero-order valence-corrected chi connectivity index (χ0v) is 49.3. The molecule has 1 saturated heterocycles. The largest absolute Gasteiger partial charge is 0.427 e. The molecule has 1 spiro atoms. The van der Waals surface area contributed by atoms with E-state index < -0.39 is 29.3 Å². The number of aldehydes is 1. The van der Waals surface area contributed by atoms with Crippen molar-refractivity contribution in [2.45, 2.75) is 159 Å². The van der Waals surface area contributed by atoms with Crippen LogP contribution < -0.4 is 16.0 Å². The van der Waals surface area contributed by atoms with Crippen LogP contribution in [0.25, 0.3) is 0 Å². The van der Waals surface area contributed by atoms with E-state index in [2.05, 4.69) is 59.0 Å². The number of nitrogens with zero attached hydrogens (tertiary/aromatic N) is 1. The van der Waals surface area contributed by atoms with Crippen LogP contribution in [0.1, 0.15) is 142 Å².